The topological polar surface area (TPSA) is 34.5 Å². The van der Waals surface area contributed by atoms with Crippen LogP contribution in [0, 0.1) is 0 Å². The molecule has 1 amide bonds. The molecule has 2 aromatic carbocycles. The zero-order chi connectivity index (χ0) is 20.7. The van der Waals surface area contributed by atoms with Gasteiger partial charge in [-0.05, 0) is 35.9 Å². The zero-order valence-electron chi connectivity index (χ0n) is 15.6. The molecule has 4 rings (SSSR count). The molecule has 0 saturated carbocycles. The molecule has 152 valence electrons. The van der Waals surface area contributed by atoms with Crippen molar-refractivity contribution in [2.75, 3.05) is 26.3 Å². The average Bonchev–Trinajstić information content (AvgIpc) is 3.01. The number of aryl methyl sites for hydroxylation is 1. The van der Waals surface area contributed by atoms with E-state index in [9.17, 15) is 4.79 Å². The highest BCUT2D eigenvalue weighted by atomic mass is 35.5. The lowest BCUT2D eigenvalue weighted by Gasteiger charge is -2.27. The lowest BCUT2D eigenvalue weighted by Crippen LogP contribution is -2.40. The highest BCUT2D eigenvalue weighted by Gasteiger charge is 2.23. The number of benzene rings is 2. The van der Waals surface area contributed by atoms with E-state index in [2.05, 4.69) is 0 Å². The second-order valence-electron chi connectivity index (χ2n) is 6.98. The third-order valence-corrected chi connectivity index (χ3v) is 6.56. The fraction of sp³-hybridized carbons (Fsp3) is 0.286. The number of hydrogen-bond donors (Lipinski definition) is 0. The molecule has 2 heterocycles. The molecule has 0 atom stereocenters. The van der Waals surface area contributed by atoms with Crippen LogP contribution in [0.25, 0.3) is 10.9 Å². The number of hydrogen-bond acceptors (Lipinski definition) is 2. The molecule has 1 saturated heterocycles. The predicted octanol–water partition coefficient (Wildman–Crippen LogP) is 5.86. The maximum absolute atomic E-state index is 12.9. The first kappa shape index (κ1) is 20.8. The van der Waals surface area contributed by atoms with Gasteiger partial charge in [-0.1, -0.05) is 46.4 Å². The summed E-state index contributed by atoms with van der Waals surface area (Å²) in [5.74, 6) is -0.108. The zero-order valence-corrected chi connectivity index (χ0v) is 18.7. The number of morpholine rings is 1. The van der Waals surface area contributed by atoms with E-state index >= 15 is 0 Å². The van der Waals surface area contributed by atoms with Gasteiger partial charge in [-0.15, -0.1) is 0 Å². The minimum atomic E-state index is -0.108. The van der Waals surface area contributed by atoms with Crippen LogP contribution in [0.15, 0.2) is 30.3 Å². The Hall–Kier alpha value is -1.43. The summed E-state index contributed by atoms with van der Waals surface area (Å²) < 4.78 is 7.34. The molecule has 0 aliphatic carbocycles. The fourth-order valence-corrected chi connectivity index (χ4v) is 4.74. The van der Waals surface area contributed by atoms with Crippen LogP contribution < -0.4 is 0 Å². The molecule has 1 aliphatic heterocycles. The molecule has 0 unspecified atom stereocenters. The number of carbonyl (C=O) groups is 1. The van der Waals surface area contributed by atoms with Gasteiger partial charge in [-0.25, -0.2) is 0 Å². The Morgan fingerprint density at radius 3 is 2.48 bits per heavy atom. The van der Waals surface area contributed by atoms with E-state index in [4.69, 9.17) is 51.1 Å². The Morgan fingerprint density at radius 2 is 1.76 bits per heavy atom. The van der Waals surface area contributed by atoms with Gasteiger partial charge in [0.05, 0.1) is 34.3 Å². The van der Waals surface area contributed by atoms with Gasteiger partial charge in [-0.3, -0.25) is 4.79 Å². The maximum Gasteiger partial charge on any atom is 0.255 e. The SMILES string of the molecule is Cn1c(Cc2c(Cl)ccc(C(=O)N3CCOCC3)c2Cl)cc2c(Cl)cc(Cl)cc21. The monoisotopic (exact) mass is 470 g/mol. The predicted molar refractivity (Wildman–Crippen MR) is 119 cm³/mol. The van der Waals surface area contributed by atoms with Crippen molar-refractivity contribution in [3.05, 3.63) is 67.2 Å². The van der Waals surface area contributed by atoms with Gasteiger partial charge in [0.15, 0.2) is 0 Å². The van der Waals surface area contributed by atoms with Crippen LogP contribution in [-0.4, -0.2) is 41.7 Å². The minimum absolute atomic E-state index is 0.108. The van der Waals surface area contributed by atoms with Crippen LogP contribution in [0.2, 0.25) is 20.1 Å². The van der Waals surface area contributed by atoms with E-state index in [0.29, 0.717) is 63.9 Å². The molecule has 29 heavy (non-hydrogen) atoms. The Bertz CT molecular complexity index is 1100. The minimum Gasteiger partial charge on any atom is -0.378 e. The second-order valence-corrected chi connectivity index (χ2v) is 8.61. The molecular weight excluding hydrogens is 454 g/mol. The lowest BCUT2D eigenvalue weighted by atomic mass is 10.0. The largest absolute Gasteiger partial charge is 0.378 e. The van der Waals surface area contributed by atoms with Crippen molar-refractivity contribution in [1.82, 2.24) is 9.47 Å². The Balaban J connectivity index is 1.72. The van der Waals surface area contributed by atoms with E-state index in [1.807, 2.05) is 23.7 Å². The van der Waals surface area contributed by atoms with Crippen LogP contribution in [0.3, 0.4) is 0 Å². The number of rotatable bonds is 3. The molecule has 0 N–H and O–H groups in total. The summed E-state index contributed by atoms with van der Waals surface area (Å²) in [5, 5.41) is 2.96. The quantitative estimate of drug-likeness (QED) is 0.479. The van der Waals surface area contributed by atoms with Crippen molar-refractivity contribution in [3.8, 4) is 0 Å². The van der Waals surface area contributed by atoms with Crippen molar-refractivity contribution >= 4 is 63.2 Å². The number of aromatic nitrogens is 1. The van der Waals surface area contributed by atoms with Crippen molar-refractivity contribution in [3.63, 3.8) is 0 Å². The van der Waals surface area contributed by atoms with E-state index in [0.717, 1.165) is 16.6 Å². The molecule has 8 heteroatoms. The molecule has 1 aliphatic rings. The third-order valence-electron chi connectivity index (χ3n) is 5.25. The molecular formula is C21H18Cl4N2O2. The second kappa shape index (κ2) is 8.37. The Morgan fingerprint density at radius 1 is 1.03 bits per heavy atom. The van der Waals surface area contributed by atoms with Gasteiger partial charge in [0.2, 0.25) is 0 Å². The summed E-state index contributed by atoms with van der Waals surface area (Å²) in [5.41, 5.74) is 3.04. The first-order chi connectivity index (χ1) is 13.9. The van der Waals surface area contributed by atoms with Gasteiger partial charge >= 0.3 is 0 Å². The van der Waals surface area contributed by atoms with Gasteiger partial charge in [-0.2, -0.15) is 0 Å². The van der Waals surface area contributed by atoms with Crippen LogP contribution >= 0.6 is 46.4 Å². The van der Waals surface area contributed by atoms with Crippen LogP contribution in [-0.2, 0) is 18.2 Å². The number of nitrogens with zero attached hydrogens (tertiary/aromatic N) is 2. The van der Waals surface area contributed by atoms with E-state index in [-0.39, 0.29) is 5.91 Å². The fourth-order valence-electron chi connectivity index (χ4n) is 3.62. The van der Waals surface area contributed by atoms with Crippen LogP contribution in [0.5, 0.6) is 0 Å². The third kappa shape index (κ3) is 3.97. The molecule has 0 bridgehead atoms. The highest BCUT2D eigenvalue weighted by Crippen LogP contribution is 2.35. The molecule has 0 spiro atoms. The van der Waals surface area contributed by atoms with Crippen LogP contribution in [0.1, 0.15) is 21.6 Å². The van der Waals surface area contributed by atoms with E-state index in [1.54, 1.807) is 23.1 Å². The normalized spacial score (nSPS) is 14.6. The first-order valence-corrected chi connectivity index (χ1v) is 10.6. The van der Waals surface area contributed by atoms with E-state index < -0.39 is 0 Å². The Labute approximate surface area is 188 Å². The van der Waals surface area contributed by atoms with Gasteiger partial charge in [0, 0.05) is 47.7 Å². The molecule has 1 fully saturated rings. The summed E-state index contributed by atoms with van der Waals surface area (Å²) in [7, 11) is 1.94. The summed E-state index contributed by atoms with van der Waals surface area (Å²) in [6, 6.07) is 8.99. The summed E-state index contributed by atoms with van der Waals surface area (Å²) in [6.45, 7) is 2.16. The molecule has 0 radical (unpaired) electrons. The number of ether oxygens (including phenoxy) is 1. The number of amides is 1. The van der Waals surface area contributed by atoms with Gasteiger partial charge < -0.3 is 14.2 Å². The van der Waals surface area contributed by atoms with Gasteiger partial charge in [0.1, 0.15) is 0 Å². The number of halogens is 4. The standard InChI is InChI=1S/C21H18Cl4N2O2/c1-26-13(10-15-18(24)8-12(22)9-19(15)26)11-16-17(23)3-2-14(20(16)25)21(28)27-4-6-29-7-5-27/h2-3,8-10H,4-7,11H2,1H3. The molecule has 3 aromatic rings. The summed E-state index contributed by atoms with van der Waals surface area (Å²) >= 11 is 25.6. The molecule has 1 aromatic heterocycles. The lowest BCUT2D eigenvalue weighted by molar-refractivity contribution is 0.0303. The average molecular weight is 472 g/mol. The summed E-state index contributed by atoms with van der Waals surface area (Å²) in [6.07, 6.45) is 0.459. The van der Waals surface area contributed by atoms with Crippen molar-refractivity contribution < 1.29 is 9.53 Å². The first-order valence-electron chi connectivity index (χ1n) is 9.14. The highest BCUT2D eigenvalue weighted by molar-refractivity contribution is 6.39. The maximum atomic E-state index is 12.9. The number of fused-ring (bicyclic) bond motifs is 1. The van der Waals surface area contributed by atoms with Crippen molar-refractivity contribution in [2.24, 2.45) is 7.05 Å². The van der Waals surface area contributed by atoms with Crippen molar-refractivity contribution in [1.29, 1.82) is 0 Å². The number of carbonyl (C=O) groups excluding carboxylic acids is 1. The smallest absolute Gasteiger partial charge is 0.255 e. The van der Waals surface area contributed by atoms with E-state index in [1.165, 1.54) is 0 Å². The molecule has 4 nitrogen and oxygen atoms in total. The van der Waals surface area contributed by atoms with Crippen LogP contribution in [0.4, 0.5) is 0 Å². The Kier molecular flexibility index (Phi) is 6.01. The van der Waals surface area contributed by atoms with Gasteiger partial charge in [0.25, 0.3) is 5.91 Å². The summed E-state index contributed by atoms with van der Waals surface area (Å²) in [4.78, 5) is 14.7. The van der Waals surface area contributed by atoms with Crippen molar-refractivity contribution in [2.45, 2.75) is 6.42 Å².